The molecule has 1 aromatic heterocycles. The number of sulfone groups is 1. The molecular formula is C21H12F3NO3S. The number of rotatable bonds is 3. The molecule has 0 amide bonds. The number of nitrogens with zero attached hydrogens (tertiary/aromatic N) is 1. The molecule has 0 spiro atoms. The average Bonchev–Trinajstić information content (AvgIpc) is 2.67. The zero-order valence-corrected chi connectivity index (χ0v) is 15.4. The Morgan fingerprint density at radius 1 is 0.793 bits per heavy atom. The maximum atomic E-state index is 13.9. The molecular weight excluding hydrogens is 403 g/mol. The fourth-order valence-electron chi connectivity index (χ4n) is 3.09. The predicted octanol–water partition coefficient (Wildman–Crippen LogP) is 4.86. The van der Waals surface area contributed by atoms with Gasteiger partial charge in [0.25, 0.3) is 0 Å². The van der Waals surface area contributed by atoms with Crippen LogP contribution in [-0.4, -0.2) is 18.5 Å². The summed E-state index contributed by atoms with van der Waals surface area (Å²) in [6.45, 7) is 0. The molecule has 0 saturated carbocycles. The van der Waals surface area contributed by atoms with Gasteiger partial charge in [-0.25, -0.2) is 21.6 Å². The molecule has 0 unspecified atom stereocenters. The average molecular weight is 415 g/mol. The molecule has 0 saturated heterocycles. The van der Waals surface area contributed by atoms with Crippen LogP contribution < -0.4 is 0 Å². The summed E-state index contributed by atoms with van der Waals surface area (Å²) in [5.74, 6) is -2.75. The Labute approximate surface area is 163 Å². The molecule has 3 aromatic carbocycles. The monoisotopic (exact) mass is 415 g/mol. The number of pyridine rings is 1. The normalized spacial score (nSPS) is 11.7. The van der Waals surface area contributed by atoms with Gasteiger partial charge in [-0.1, -0.05) is 12.1 Å². The van der Waals surface area contributed by atoms with Crippen molar-refractivity contribution in [3.05, 3.63) is 84.3 Å². The lowest BCUT2D eigenvalue weighted by Crippen LogP contribution is -2.07. The van der Waals surface area contributed by atoms with E-state index >= 15 is 0 Å². The standard InChI is InChI=1S/C21H12F3NO3S/c22-13-3-6-19-18(10-13)21(12-1-4-16(26)5-2-12)20(11-25-19)29(27,28)17-8-14(23)7-15(24)9-17/h1-11,26H. The van der Waals surface area contributed by atoms with Crippen molar-refractivity contribution >= 4 is 20.7 Å². The van der Waals surface area contributed by atoms with E-state index in [1.54, 1.807) is 0 Å². The van der Waals surface area contributed by atoms with Crippen molar-refractivity contribution in [2.24, 2.45) is 0 Å². The second-order valence-corrected chi connectivity index (χ2v) is 8.23. The number of fused-ring (bicyclic) bond motifs is 1. The maximum Gasteiger partial charge on any atom is 0.208 e. The van der Waals surface area contributed by atoms with E-state index in [2.05, 4.69) is 4.98 Å². The second-order valence-electron chi connectivity index (χ2n) is 6.31. The van der Waals surface area contributed by atoms with Crippen LogP contribution >= 0.6 is 0 Å². The Morgan fingerprint density at radius 2 is 1.45 bits per heavy atom. The third-order valence-electron chi connectivity index (χ3n) is 4.39. The fraction of sp³-hybridized carbons (Fsp3) is 0. The van der Waals surface area contributed by atoms with E-state index in [9.17, 15) is 26.7 Å². The van der Waals surface area contributed by atoms with Gasteiger partial charge in [0, 0.05) is 23.2 Å². The predicted molar refractivity (Wildman–Crippen MR) is 101 cm³/mol. The molecule has 146 valence electrons. The van der Waals surface area contributed by atoms with Crippen molar-refractivity contribution in [3.8, 4) is 16.9 Å². The highest BCUT2D eigenvalue weighted by Gasteiger charge is 2.26. The van der Waals surface area contributed by atoms with Crippen LogP contribution in [0.25, 0.3) is 22.0 Å². The molecule has 0 aliphatic carbocycles. The first kappa shape index (κ1) is 18.9. The highest BCUT2D eigenvalue weighted by atomic mass is 32.2. The Kier molecular flexibility index (Phi) is 4.50. The molecule has 29 heavy (non-hydrogen) atoms. The third-order valence-corrected chi connectivity index (χ3v) is 6.13. The minimum atomic E-state index is -4.40. The van der Waals surface area contributed by atoms with Crippen molar-refractivity contribution in [1.82, 2.24) is 4.98 Å². The molecule has 0 aliphatic heterocycles. The van der Waals surface area contributed by atoms with E-state index in [1.165, 1.54) is 36.4 Å². The summed E-state index contributed by atoms with van der Waals surface area (Å²) in [5.41, 5.74) is 0.800. The zero-order chi connectivity index (χ0) is 20.8. The number of aromatic nitrogens is 1. The Bertz CT molecular complexity index is 1330. The quantitative estimate of drug-likeness (QED) is 0.519. The summed E-state index contributed by atoms with van der Waals surface area (Å²) in [4.78, 5) is 3.15. The maximum absolute atomic E-state index is 13.9. The molecule has 0 aliphatic rings. The van der Waals surface area contributed by atoms with Gasteiger partial charge in [0.05, 0.1) is 15.3 Å². The van der Waals surface area contributed by atoms with Gasteiger partial charge >= 0.3 is 0 Å². The van der Waals surface area contributed by atoms with E-state index < -0.39 is 32.2 Å². The molecule has 0 atom stereocenters. The highest BCUT2D eigenvalue weighted by Crippen LogP contribution is 2.37. The van der Waals surface area contributed by atoms with E-state index in [4.69, 9.17) is 0 Å². The zero-order valence-electron chi connectivity index (χ0n) is 14.6. The van der Waals surface area contributed by atoms with Gasteiger partial charge in [0.15, 0.2) is 0 Å². The van der Waals surface area contributed by atoms with Gasteiger partial charge < -0.3 is 5.11 Å². The number of hydrogen-bond acceptors (Lipinski definition) is 4. The number of aromatic hydroxyl groups is 1. The van der Waals surface area contributed by atoms with Crippen molar-refractivity contribution < 1.29 is 26.7 Å². The number of phenols is 1. The number of phenolic OH excluding ortho intramolecular Hbond substituents is 1. The first-order chi connectivity index (χ1) is 13.8. The van der Waals surface area contributed by atoms with Crippen LogP contribution in [0.1, 0.15) is 0 Å². The van der Waals surface area contributed by atoms with Gasteiger partial charge in [-0.3, -0.25) is 4.98 Å². The minimum absolute atomic E-state index is 0.0464. The number of halogens is 3. The smallest absolute Gasteiger partial charge is 0.208 e. The summed E-state index contributed by atoms with van der Waals surface area (Å²) in [6, 6.07) is 11.3. The summed E-state index contributed by atoms with van der Waals surface area (Å²) >= 11 is 0. The van der Waals surface area contributed by atoms with Crippen LogP contribution in [0.2, 0.25) is 0 Å². The van der Waals surface area contributed by atoms with Gasteiger partial charge in [0.1, 0.15) is 23.2 Å². The van der Waals surface area contributed by atoms with Crippen LogP contribution in [0.4, 0.5) is 13.2 Å². The molecule has 8 heteroatoms. The molecule has 4 nitrogen and oxygen atoms in total. The molecule has 4 rings (SSSR count). The SMILES string of the molecule is O=S(=O)(c1cc(F)cc(F)c1)c1cnc2ccc(F)cc2c1-c1ccc(O)cc1. The van der Waals surface area contributed by atoms with E-state index in [1.807, 2.05) is 0 Å². The van der Waals surface area contributed by atoms with Gasteiger partial charge in [-0.05, 0) is 48.0 Å². The van der Waals surface area contributed by atoms with Crippen molar-refractivity contribution in [2.75, 3.05) is 0 Å². The van der Waals surface area contributed by atoms with Crippen LogP contribution in [0.15, 0.2) is 76.7 Å². The molecule has 1 heterocycles. The van der Waals surface area contributed by atoms with Crippen LogP contribution in [0, 0.1) is 17.5 Å². The van der Waals surface area contributed by atoms with Gasteiger partial charge in [-0.15, -0.1) is 0 Å². The van der Waals surface area contributed by atoms with Crippen LogP contribution in [-0.2, 0) is 9.84 Å². The molecule has 1 N–H and O–H groups in total. The first-order valence-electron chi connectivity index (χ1n) is 8.34. The van der Waals surface area contributed by atoms with Crippen LogP contribution in [0.3, 0.4) is 0 Å². The summed E-state index contributed by atoms with van der Waals surface area (Å²) in [5, 5.41) is 9.76. The lowest BCUT2D eigenvalue weighted by Gasteiger charge is -2.14. The molecule has 4 aromatic rings. The van der Waals surface area contributed by atoms with E-state index in [-0.39, 0.29) is 21.6 Å². The second kappa shape index (κ2) is 6.89. The summed E-state index contributed by atoms with van der Waals surface area (Å²) in [7, 11) is -4.40. The number of benzene rings is 3. The van der Waals surface area contributed by atoms with Gasteiger partial charge in [-0.2, -0.15) is 0 Å². The lowest BCUT2D eigenvalue weighted by molar-refractivity contribution is 0.475. The van der Waals surface area contributed by atoms with E-state index in [0.717, 1.165) is 12.3 Å². The third kappa shape index (κ3) is 3.42. The summed E-state index contributed by atoms with van der Waals surface area (Å²) in [6.07, 6.45) is 1.07. The highest BCUT2D eigenvalue weighted by molar-refractivity contribution is 7.91. The topological polar surface area (TPSA) is 67.3 Å². The molecule has 0 bridgehead atoms. The first-order valence-corrected chi connectivity index (χ1v) is 9.83. The van der Waals surface area contributed by atoms with Crippen molar-refractivity contribution in [1.29, 1.82) is 0 Å². The summed E-state index contributed by atoms with van der Waals surface area (Å²) < 4.78 is 67.7. The largest absolute Gasteiger partial charge is 0.508 e. The minimum Gasteiger partial charge on any atom is -0.508 e. The molecule has 0 fully saturated rings. The van der Waals surface area contributed by atoms with Crippen molar-refractivity contribution in [2.45, 2.75) is 9.79 Å². The number of hydrogen-bond donors (Lipinski definition) is 1. The lowest BCUT2D eigenvalue weighted by atomic mass is 10.0. The van der Waals surface area contributed by atoms with E-state index in [0.29, 0.717) is 29.3 Å². The Balaban J connectivity index is 2.09. The molecule has 0 radical (unpaired) electrons. The van der Waals surface area contributed by atoms with Crippen LogP contribution in [0.5, 0.6) is 5.75 Å². The van der Waals surface area contributed by atoms with Gasteiger partial charge in [0.2, 0.25) is 9.84 Å². The fourth-order valence-corrected chi connectivity index (χ4v) is 4.56. The Morgan fingerprint density at radius 3 is 2.10 bits per heavy atom. The Hall–Kier alpha value is -3.39. The van der Waals surface area contributed by atoms with Crippen molar-refractivity contribution in [3.63, 3.8) is 0 Å².